The van der Waals surface area contributed by atoms with Crippen molar-refractivity contribution < 1.29 is 9.53 Å². The highest BCUT2D eigenvalue weighted by atomic mass is 16.5. The lowest BCUT2D eigenvalue weighted by Crippen LogP contribution is -2.50. The van der Waals surface area contributed by atoms with Crippen LogP contribution in [0.2, 0.25) is 0 Å². The van der Waals surface area contributed by atoms with E-state index in [2.05, 4.69) is 88.0 Å². The van der Waals surface area contributed by atoms with Gasteiger partial charge in [0.05, 0.1) is 0 Å². The van der Waals surface area contributed by atoms with E-state index in [4.69, 9.17) is 4.74 Å². The maximum absolute atomic E-state index is 11.9. The van der Waals surface area contributed by atoms with E-state index in [9.17, 15) is 4.79 Å². The maximum Gasteiger partial charge on any atom is 0.222 e. The van der Waals surface area contributed by atoms with Crippen LogP contribution in [0.15, 0.2) is 0 Å². The quantitative estimate of drug-likeness (QED) is 0.183. The summed E-state index contributed by atoms with van der Waals surface area (Å²) < 4.78 is 5.53. The summed E-state index contributed by atoms with van der Waals surface area (Å²) in [6, 6.07) is 0.605. The van der Waals surface area contributed by atoms with Crippen LogP contribution in [0.4, 0.5) is 0 Å². The summed E-state index contributed by atoms with van der Waals surface area (Å²) in [4.78, 5) is 16.4. The Balaban J connectivity index is 0. The summed E-state index contributed by atoms with van der Waals surface area (Å²) in [5.74, 6) is 4.39. The van der Waals surface area contributed by atoms with Gasteiger partial charge in [0.2, 0.25) is 5.91 Å². The molecule has 4 heteroatoms. The molecule has 38 heavy (non-hydrogen) atoms. The van der Waals surface area contributed by atoms with Crippen LogP contribution < -0.4 is 0 Å². The molecule has 4 nitrogen and oxygen atoms in total. The van der Waals surface area contributed by atoms with Gasteiger partial charge in [-0.2, -0.15) is 0 Å². The average Bonchev–Trinajstić information content (AvgIpc) is 2.82. The van der Waals surface area contributed by atoms with Crippen molar-refractivity contribution in [1.29, 1.82) is 0 Å². The van der Waals surface area contributed by atoms with Crippen LogP contribution >= 0.6 is 0 Å². The molecule has 0 spiro atoms. The van der Waals surface area contributed by atoms with Crippen LogP contribution in [0.1, 0.15) is 141 Å². The van der Waals surface area contributed by atoms with Crippen molar-refractivity contribution in [3.05, 3.63) is 0 Å². The van der Waals surface area contributed by atoms with Crippen molar-refractivity contribution >= 4 is 5.91 Å². The monoisotopic (exact) mass is 541 g/mol. The molecular weight excluding hydrogens is 468 g/mol. The Kier molecular flexibility index (Phi) is 26.4. The lowest BCUT2D eigenvalue weighted by atomic mass is 10.0. The van der Waals surface area contributed by atoms with Gasteiger partial charge in [-0.15, -0.1) is 0 Å². The molecule has 0 saturated carbocycles. The zero-order valence-electron chi connectivity index (χ0n) is 28.3. The maximum atomic E-state index is 11.9. The van der Waals surface area contributed by atoms with Crippen LogP contribution in [0, 0.1) is 29.6 Å². The Hall–Kier alpha value is -0.610. The van der Waals surface area contributed by atoms with E-state index in [1.807, 2.05) is 4.90 Å². The number of hydrogen-bond acceptors (Lipinski definition) is 3. The van der Waals surface area contributed by atoms with E-state index in [0.717, 1.165) is 75.9 Å². The number of hydrogen-bond donors (Lipinski definition) is 0. The third-order valence-electron chi connectivity index (χ3n) is 7.04. The summed E-state index contributed by atoms with van der Waals surface area (Å²) in [5.41, 5.74) is 0. The Bertz CT molecular complexity index is 487. The second kappa shape index (κ2) is 25.4. The summed E-state index contributed by atoms with van der Waals surface area (Å²) in [6.07, 6.45) is 11.0. The number of nitrogens with zero attached hydrogens (tertiary/aromatic N) is 2. The van der Waals surface area contributed by atoms with Gasteiger partial charge in [-0.25, -0.2) is 0 Å². The van der Waals surface area contributed by atoms with Crippen LogP contribution in [0.25, 0.3) is 0 Å². The molecule has 1 amide bonds. The van der Waals surface area contributed by atoms with Gasteiger partial charge in [0.15, 0.2) is 0 Å². The summed E-state index contributed by atoms with van der Waals surface area (Å²) in [6.45, 7) is 32.8. The van der Waals surface area contributed by atoms with Crippen molar-refractivity contribution in [1.82, 2.24) is 9.80 Å². The molecular formula is C34H72N2O2. The third kappa shape index (κ3) is 28.4. The van der Waals surface area contributed by atoms with Gasteiger partial charge in [-0.3, -0.25) is 9.69 Å². The first-order valence-corrected chi connectivity index (χ1v) is 16.4. The average molecular weight is 541 g/mol. The Labute approximate surface area is 241 Å². The molecule has 1 saturated heterocycles. The lowest BCUT2D eigenvalue weighted by molar-refractivity contribution is -0.133. The number of rotatable bonds is 16. The largest absolute Gasteiger partial charge is 0.381 e. The van der Waals surface area contributed by atoms with Gasteiger partial charge >= 0.3 is 0 Å². The second-order valence-corrected chi connectivity index (χ2v) is 13.8. The van der Waals surface area contributed by atoms with Crippen molar-refractivity contribution in [3.63, 3.8) is 0 Å². The topological polar surface area (TPSA) is 32.8 Å². The minimum Gasteiger partial charge on any atom is -0.381 e. The summed E-state index contributed by atoms with van der Waals surface area (Å²) in [7, 11) is 0. The van der Waals surface area contributed by atoms with E-state index in [0.29, 0.717) is 17.9 Å². The fourth-order valence-electron chi connectivity index (χ4n) is 4.28. The molecule has 0 bridgehead atoms. The summed E-state index contributed by atoms with van der Waals surface area (Å²) >= 11 is 0. The molecule has 0 aliphatic carbocycles. The van der Waals surface area contributed by atoms with Crippen LogP contribution in [0.3, 0.4) is 0 Å². The van der Waals surface area contributed by atoms with Crippen LogP contribution in [-0.4, -0.2) is 61.1 Å². The zero-order chi connectivity index (χ0) is 29.5. The Morgan fingerprint density at radius 2 is 0.921 bits per heavy atom. The fourth-order valence-corrected chi connectivity index (χ4v) is 4.28. The number of piperazine rings is 1. The molecule has 0 N–H and O–H groups in total. The summed E-state index contributed by atoms with van der Waals surface area (Å²) in [5, 5.41) is 0. The number of carbonyl (C=O) groups excluding carboxylic acids is 1. The second-order valence-electron chi connectivity index (χ2n) is 13.8. The molecule has 0 unspecified atom stereocenters. The zero-order valence-corrected chi connectivity index (χ0v) is 28.3. The molecule has 0 atom stereocenters. The third-order valence-corrected chi connectivity index (χ3v) is 7.04. The first-order valence-electron chi connectivity index (χ1n) is 16.4. The van der Waals surface area contributed by atoms with E-state index < -0.39 is 0 Å². The van der Waals surface area contributed by atoms with Gasteiger partial charge in [0.25, 0.3) is 0 Å². The van der Waals surface area contributed by atoms with E-state index >= 15 is 0 Å². The van der Waals surface area contributed by atoms with E-state index in [-0.39, 0.29) is 0 Å². The highest BCUT2D eigenvalue weighted by Crippen LogP contribution is 2.12. The predicted molar refractivity (Wildman–Crippen MR) is 170 cm³/mol. The molecule has 1 heterocycles. The molecule has 1 rings (SSSR count). The molecule has 230 valence electrons. The van der Waals surface area contributed by atoms with Crippen molar-refractivity contribution in [3.8, 4) is 0 Å². The van der Waals surface area contributed by atoms with E-state index in [1.54, 1.807) is 0 Å². The van der Waals surface area contributed by atoms with E-state index in [1.165, 1.54) is 44.9 Å². The molecule has 0 aromatic rings. The minimum absolute atomic E-state index is 0.345. The highest BCUT2D eigenvalue weighted by molar-refractivity contribution is 5.76. The SMILES string of the molecule is CC(C)CCC(=O)N1CCN(C(C)C)CC1.CC(C)CCCC(C)C.CC(C)CCCOCCCC(C)C. The standard InChI is InChI=1S/C13H26N2O.C12H26O.C9H20/c1-11(2)5-6-13(16)15-9-7-14(8-10-15)12(3)4;1-11(2)7-5-9-13-10-6-8-12(3)4;1-8(2)6-5-7-9(3)4/h11-12H,5-10H2,1-4H3;11-12H,5-10H2,1-4H3;8-9H,5-7H2,1-4H3. The van der Waals surface area contributed by atoms with Gasteiger partial charge in [0.1, 0.15) is 0 Å². The number of ether oxygens (including phenoxy) is 1. The first-order chi connectivity index (χ1) is 17.8. The minimum atomic E-state index is 0.345. The Morgan fingerprint density at radius 1 is 0.553 bits per heavy atom. The number of amides is 1. The first kappa shape index (κ1) is 39.5. The fraction of sp³-hybridized carbons (Fsp3) is 0.971. The van der Waals surface area contributed by atoms with Crippen LogP contribution in [-0.2, 0) is 9.53 Å². The molecule has 0 radical (unpaired) electrons. The van der Waals surface area contributed by atoms with Crippen molar-refractivity contribution in [2.75, 3.05) is 39.4 Å². The smallest absolute Gasteiger partial charge is 0.222 e. The Morgan fingerprint density at radius 3 is 1.26 bits per heavy atom. The van der Waals surface area contributed by atoms with Gasteiger partial charge in [-0.05, 0) is 75.5 Å². The van der Waals surface area contributed by atoms with Gasteiger partial charge in [0, 0.05) is 51.9 Å². The molecule has 0 aromatic heterocycles. The van der Waals surface area contributed by atoms with Crippen molar-refractivity contribution in [2.45, 2.75) is 147 Å². The van der Waals surface area contributed by atoms with Crippen molar-refractivity contribution in [2.24, 2.45) is 29.6 Å². The highest BCUT2D eigenvalue weighted by Gasteiger charge is 2.22. The number of carbonyl (C=O) groups is 1. The molecule has 1 aliphatic rings. The lowest BCUT2D eigenvalue weighted by Gasteiger charge is -2.37. The van der Waals surface area contributed by atoms with Gasteiger partial charge < -0.3 is 9.64 Å². The molecule has 1 aliphatic heterocycles. The predicted octanol–water partition coefficient (Wildman–Crippen LogP) is 9.32. The van der Waals surface area contributed by atoms with Crippen LogP contribution in [0.5, 0.6) is 0 Å². The normalized spacial score (nSPS) is 14.4. The van der Waals surface area contributed by atoms with Gasteiger partial charge in [-0.1, -0.05) is 88.5 Å². The molecule has 1 fully saturated rings. The molecule has 0 aromatic carbocycles.